The lowest BCUT2D eigenvalue weighted by Crippen LogP contribution is -2.06. The molecule has 0 aliphatic carbocycles. The number of para-hydroxylation sites is 1. The van der Waals surface area contributed by atoms with Gasteiger partial charge >= 0.3 is 6.18 Å². The molecule has 0 atom stereocenters. The molecule has 5 nitrogen and oxygen atoms in total. The predicted molar refractivity (Wildman–Crippen MR) is 127 cm³/mol. The molecule has 0 aliphatic heterocycles. The van der Waals surface area contributed by atoms with Crippen LogP contribution in [0.15, 0.2) is 90.6 Å². The standard InChI is InChI=1S/C26H17F3N4OS/c27-26(28,29)19-8-6-17(7-9-19)22-16-35-25(31-22)15-24(34)21-14-23(18-10-12-30-13-11-18)33(32-21)20-4-2-1-3-5-20/h1-14,16H,15H2. The Bertz CT molecular complexity index is 1400. The highest BCUT2D eigenvalue weighted by Gasteiger charge is 2.30. The van der Waals surface area contributed by atoms with E-state index in [1.54, 1.807) is 28.5 Å². The topological polar surface area (TPSA) is 60.7 Å². The molecule has 35 heavy (non-hydrogen) atoms. The third-order valence-electron chi connectivity index (χ3n) is 5.34. The van der Waals surface area contributed by atoms with Gasteiger partial charge in [-0.3, -0.25) is 9.78 Å². The largest absolute Gasteiger partial charge is 0.416 e. The van der Waals surface area contributed by atoms with E-state index in [-0.39, 0.29) is 12.2 Å². The number of halogens is 3. The summed E-state index contributed by atoms with van der Waals surface area (Å²) in [5.41, 5.74) is 3.11. The summed E-state index contributed by atoms with van der Waals surface area (Å²) in [7, 11) is 0. The van der Waals surface area contributed by atoms with Gasteiger partial charge in [-0.05, 0) is 42.5 Å². The van der Waals surface area contributed by atoms with Crippen molar-refractivity contribution in [2.24, 2.45) is 0 Å². The number of carbonyl (C=O) groups is 1. The highest BCUT2D eigenvalue weighted by molar-refractivity contribution is 7.10. The molecule has 0 N–H and O–H groups in total. The molecular formula is C26H17F3N4OS. The summed E-state index contributed by atoms with van der Waals surface area (Å²) in [6.07, 6.45) is -1.00. The van der Waals surface area contributed by atoms with Crippen molar-refractivity contribution in [1.82, 2.24) is 19.7 Å². The van der Waals surface area contributed by atoms with Crippen LogP contribution in [0, 0.1) is 0 Å². The SMILES string of the molecule is O=C(Cc1nc(-c2ccc(C(F)(F)F)cc2)cs1)c1cc(-c2ccncc2)n(-c2ccccc2)n1. The molecule has 174 valence electrons. The average Bonchev–Trinajstić information content (AvgIpc) is 3.53. The maximum Gasteiger partial charge on any atom is 0.416 e. The van der Waals surface area contributed by atoms with Crippen molar-refractivity contribution in [3.8, 4) is 28.2 Å². The summed E-state index contributed by atoms with van der Waals surface area (Å²) in [4.78, 5) is 21.6. The second-order valence-electron chi connectivity index (χ2n) is 7.70. The van der Waals surface area contributed by atoms with Crippen molar-refractivity contribution < 1.29 is 18.0 Å². The number of benzene rings is 2. The number of aromatic nitrogens is 4. The van der Waals surface area contributed by atoms with E-state index >= 15 is 0 Å². The van der Waals surface area contributed by atoms with Crippen LogP contribution in [0.5, 0.6) is 0 Å². The van der Waals surface area contributed by atoms with E-state index in [2.05, 4.69) is 15.1 Å². The molecule has 0 saturated carbocycles. The molecule has 9 heteroatoms. The van der Waals surface area contributed by atoms with E-state index in [1.165, 1.54) is 23.5 Å². The average molecular weight is 491 g/mol. The molecule has 0 amide bonds. The van der Waals surface area contributed by atoms with Crippen LogP contribution in [0.2, 0.25) is 0 Å². The number of pyridine rings is 1. The van der Waals surface area contributed by atoms with Crippen LogP contribution >= 0.6 is 11.3 Å². The Morgan fingerprint density at radius 2 is 1.63 bits per heavy atom. The van der Waals surface area contributed by atoms with Gasteiger partial charge in [0.15, 0.2) is 5.78 Å². The monoisotopic (exact) mass is 490 g/mol. The number of alkyl halides is 3. The first-order valence-electron chi connectivity index (χ1n) is 10.6. The van der Waals surface area contributed by atoms with Gasteiger partial charge in [0, 0.05) is 28.9 Å². The van der Waals surface area contributed by atoms with Gasteiger partial charge in [-0.25, -0.2) is 9.67 Å². The Kier molecular flexibility index (Phi) is 6.00. The number of hydrogen-bond acceptors (Lipinski definition) is 5. The van der Waals surface area contributed by atoms with E-state index < -0.39 is 11.7 Å². The van der Waals surface area contributed by atoms with Gasteiger partial charge in [0.25, 0.3) is 0 Å². The molecule has 0 fully saturated rings. The zero-order chi connectivity index (χ0) is 24.4. The van der Waals surface area contributed by atoms with Crippen LogP contribution in [0.3, 0.4) is 0 Å². The highest BCUT2D eigenvalue weighted by Crippen LogP contribution is 2.31. The molecule has 0 spiro atoms. The Labute approximate surface area is 202 Å². The summed E-state index contributed by atoms with van der Waals surface area (Å²) < 4.78 is 40.2. The Balaban J connectivity index is 1.40. The zero-order valence-electron chi connectivity index (χ0n) is 18.1. The summed E-state index contributed by atoms with van der Waals surface area (Å²) in [5.74, 6) is -0.205. The third kappa shape index (κ3) is 4.90. The molecule has 3 aromatic heterocycles. The maximum absolute atomic E-state index is 13.1. The summed E-state index contributed by atoms with van der Waals surface area (Å²) >= 11 is 1.28. The van der Waals surface area contributed by atoms with Gasteiger partial charge in [0.1, 0.15) is 10.7 Å². The van der Waals surface area contributed by atoms with E-state index in [0.29, 0.717) is 22.0 Å². The van der Waals surface area contributed by atoms with Gasteiger partial charge < -0.3 is 0 Å². The van der Waals surface area contributed by atoms with Crippen molar-refractivity contribution >= 4 is 17.1 Å². The molecule has 5 rings (SSSR count). The van der Waals surface area contributed by atoms with Crippen molar-refractivity contribution in [3.05, 3.63) is 107 Å². The van der Waals surface area contributed by atoms with Crippen LogP contribution in [0.25, 0.3) is 28.2 Å². The predicted octanol–water partition coefficient (Wildman–Crippen LogP) is 6.50. The number of hydrogen-bond donors (Lipinski definition) is 0. The number of carbonyl (C=O) groups excluding carboxylic acids is 1. The summed E-state index contributed by atoms with van der Waals surface area (Å²) in [6, 6.07) is 19.8. The molecule has 0 saturated heterocycles. The van der Waals surface area contributed by atoms with Crippen LogP contribution < -0.4 is 0 Å². The van der Waals surface area contributed by atoms with Gasteiger partial charge in [-0.15, -0.1) is 11.3 Å². The summed E-state index contributed by atoms with van der Waals surface area (Å²) in [5, 5.41) is 6.86. The lowest BCUT2D eigenvalue weighted by molar-refractivity contribution is -0.137. The van der Waals surface area contributed by atoms with Gasteiger partial charge in [-0.2, -0.15) is 18.3 Å². The van der Waals surface area contributed by atoms with E-state index in [9.17, 15) is 18.0 Å². The van der Waals surface area contributed by atoms with Gasteiger partial charge in [0.2, 0.25) is 0 Å². The zero-order valence-corrected chi connectivity index (χ0v) is 18.9. The highest BCUT2D eigenvalue weighted by atomic mass is 32.1. The van der Waals surface area contributed by atoms with Crippen LogP contribution in [-0.4, -0.2) is 25.5 Å². The molecule has 2 aromatic carbocycles. The molecular weight excluding hydrogens is 473 g/mol. The van der Waals surface area contributed by atoms with Gasteiger partial charge in [-0.1, -0.05) is 30.3 Å². The minimum Gasteiger partial charge on any atom is -0.292 e. The third-order valence-corrected chi connectivity index (χ3v) is 6.19. The molecule has 5 aromatic rings. The number of nitrogens with zero attached hydrogens (tertiary/aromatic N) is 4. The lowest BCUT2D eigenvalue weighted by Gasteiger charge is -2.06. The van der Waals surface area contributed by atoms with E-state index in [1.807, 2.05) is 42.5 Å². The second kappa shape index (κ2) is 9.27. The minimum atomic E-state index is -4.39. The normalized spacial score (nSPS) is 11.5. The quantitative estimate of drug-likeness (QED) is 0.255. The number of Topliss-reactive ketones (excluding diaryl/α,β-unsaturated/α-hetero) is 1. The van der Waals surface area contributed by atoms with Crippen molar-refractivity contribution in [2.45, 2.75) is 12.6 Å². The number of thiazole rings is 1. The second-order valence-corrected chi connectivity index (χ2v) is 8.64. The fraction of sp³-hybridized carbons (Fsp3) is 0.0769. The van der Waals surface area contributed by atoms with Crippen LogP contribution in [-0.2, 0) is 12.6 Å². The molecule has 0 unspecified atom stereocenters. The molecule has 0 bridgehead atoms. The lowest BCUT2D eigenvalue weighted by atomic mass is 10.1. The Morgan fingerprint density at radius 1 is 0.914 bits per heavy atom. The molecule has 3 heterocycles. The van der Waals surface area contributed by atoms with Crippen LogP contribution in [0.4, 0.5) is 13.2 Å². The smallest absolute Gasteiger partial charge is 0.292 e. The fourth-order valence-electron chi connectivity index (χ4n) is 3.59. The van der Waals surface area contributed by atoms with Crippen LogP contribution in [0.1, 0.15) is 21.1 Å². The molecule has 0 aliphatic rings. The molecule has 0 radical (unpaired) electrons. The van der Waals surface area contributed by atoms with Crippen molar-refractivity contribution in [1.29, 1.82) is 0 Å². The fourth-order valence-corrected chi connectivity index (χ4v) is 4.40. The first-order chi connectivity index (χ1) is 16.9. The first-order valence-corrected chi connectivity index (χ1v) is 11.5. The van der Waals surface area contributed by atoms with E-state index in [4.69, 9.17) is 0 Å². The van der Waals surface area contributed by atoms with Crippen molar-refractivity contribution in [3.63, 3.8) is 0 Å². The van der Waals surface area contributed by atoms with E-state index in [0.717, 1.165) is 29.1 Å². The Hall–Kier alpha value is -4.11. The number of rotatable bonds is 6. The maximum atomic E-state index is 13.1. The first kappa shape index (κ1) is 22.7. The number of ketones is 1. The summed E-state index contributed by atoms with van der Waals surface area (Å²) in [6.45, 7) is 0. The van der Waals surface area contributed by atoms with Crippen molar-refractivity contribution in [2.75, 3.05) is 0 Å². The Morgan fingerprint density at radius 3 is 2.31 bits per heavy atom. The van der Waals surface area contributed by atoms with Gasteiger partial charge in [0.05, 0.1) is 29.1 Å². The minimum absolute atomic E-state index is 0.0346.